The van der Waals surface area contributed by atoms with Crippen LogP contribution in [0.3, 0.4) is 0 Å². The van der Waals surface area contributed by atoms with Crippen LogP contribution in [0.15, 0.2) is 50.5 Å². The first-order valence-corrected chi connectivity index (χ1v) is 13.3. The first kappa shape index (κ1) is 23.0. The summed E-state index contributed by atoms with van der Waals surface area (Å²) in [7, 11) is -3.50. The molecule has 0 saturated carbocycles. The van der Waals surface area contributed by atoms with Crippen molar-refractivity contribution in [2.24, 2.45) is 4.99 Å². The van der Waals surface area contributed by atoms with E-state index in [1.807, 2.05) is 10.3 Å². The van der Waals surface area contributed by atoms with Crippen molar-refractivity contribution in [3.05, 3.63) is 61.9 Å². The minimum atomic E-state index is -3.50. The maximum absolute atomic E-state index is 13.8. The predicted molar refractivity (Wildman–Crippen MR) is 122 cm³/mol. The van der Waals surface area contributed by atoms with Gasteiger partial charge in [0.1, 0.15) is 11.9 Å². The zero-order valence-electron chi connectivity index (χ0n) is 17.3. The molecule has 1 atom stereocenters. The number of hydrogen-bond acceptors (Lipinski definition) is 8. The quantitative estimate of drug-likeness (QED) is 0.539. The maximum Gasteiger partial charge on any atom is 0.338 e. The normalized spacial score (nSPS) is 19.6. The number of sulfonamides is 1. The Morgan fingerprint density at radius 1 is 1.38 bits per heavy atom. The number of aromatic nitrogens is 1. The molecular formula is C20H20BrFN4O4S2. The number of rotatable bonds is 5. The third-order valence-corrected chi connectivity index (χ3v) is 7.87. The summed E-state index contributed by atoms with van der Waals surface area (Å²) in [5.74, 6) is -0.489. The third-order valence-electron chi connectivity index (χ3n) is 5.16. The van der Waals surface area contributed by atoms with Gasteiger partial charge >= 0.3 is 5.97 Å². The summed E-state index contributed by atoms with van der Waals surface area (Å²) in [5.41, 5.74) is 1.28. The van der Waals surface area contributed by atoms with Crippen molar-refractivity contribution in [2.45, 2.75) is 13.0 Å². The second kappa shape index (κ2) is 9.00. The van der Waals surface area contributed by atoms with Crippen LogP contribution in [0.5, 0.6) is 0 Å². The molecule has 0 radical (unpaired) electrons. The average molecular weight is 543 g/mol. The van der Waals surface area contributed by atoms with Crippen LogP contribution in [0.1, 0.15) is 23.5 Å². The second-order valence-corrected chi connectivity index (χ2v) is 10.9. The SMILES string of the molecule is CCOC(=O)C1=C2CN(S(C)(=O)=O)CCN2C(c2nccs2)=NC1c1ccc(F)cc1Br. The molecule has 1 fully saturated rings. The highest BCUT2D eigenvalue weighted by atomic mass is 79.9. The fourth-order valence-corrected chi connectivity index (χ4v) is 5.71. The minimum absolute atomic E-state index is 0.00725. The van der Waals surface area contributed by atoms with Crippen molar-refractivity contribution >= 4 is 49.1 Å². The molecule has 0 amide bonds. The Labute approximate surface area is 197 Å². The molecule has 3 heterocycles. The Morgan fingerprint density at radius 2 is 2.16 bits per heavy atom. The zero-order valence-corrected chi connectivity index (χ0v) is 20.5. The van der Waals surface area contributed by atoms with E-state index in [0.717, 1.165) is 6.26 Å². The fraction of sp³-hybridized carbons (Fsp3) is 0.350. The molecule has 1 aromatic carbocycles. The molecule has 1 unspecified atom stereocenters. The van der Waals surface area contributed by atoms with Gasteiger partial charge in [0.05, 0.1) is 25.0 Å². The van der Waals surface area contributed by atoms with Gasteiger partial charge in [-0.15, -0.1) is 11.3 Å². The van der Waals surface area contributed by atoms with Gasteiger partial charge in [0.25, 0.3) is 0 Å². The number of nitrogens with zero attached hydrogens (tertiary/aromatic N) is 4. The van der Waals surface area contributed by atoms with Crippen LogP contribution in [-0.2, 0) is 19.6 Å². The summed E-state index contributed by atoms with van der Waals surface area (Å²) in [6, 6.07) is 3.33. The van der Waals surface area contributed by atoms with Crippen LogP contribution in [0.25, 0.3) is 0 Å². The van der Waals surface area contributed by atoms with Crippen molar-refractivity contribution in [1.82, 2.24) is 14.2 Å². The van der Waals surface area contributed by atoms with Crippen LogP contribution in [-0.4, -0.2) is 66.9 Å². The first-order chi connectivity index (χ1) is 15.2. The highest BCUT2D eigenvalue weighted by Gasteiger charge is 2.41. The maximum atomic E-state index is 13.8. The Hall–Kier alpha value is -2.15. The summed E-state index contributed by atoms with van der Waals surface area (Å²) in [5, 5.41) is 2.46. The number of benzene rings is 1. The molecule has 0 spiro atoms. The third kappa shape index (κ3) is 4.36. The average Bonchev–Trinajstić information content (AvgIpc) is 3.26. The molecule has 12 heteroatoms. The Balaban J connectivity index is 1.94. The van der Waals surface area contributed by atoms with Gasteiger partial charge in [-0.25, -0.2) is 22.6 Å². The number of amidine groups is 1. The Morgan fingerprint density at radius 3 is 2.78 bits per heavy atom. The molecular weight excluding hydrogens is 523 g/mol. The summed E-state index contributed by atoms with van der Waals surface area (Å²) < 4.78 is 45.5. The zero-order chi connectivity index (χ0) is 23.0. The van der Waals surface area contributed by atoms with E-state index in [0.29, 0.717) is 33.1 Å². The van der Waals surface area contributed by atoms with Crippen LogP contribution in [0.4, 0.5) is 4.39 Å². The highest BCUT2D eigenvalue weighted by molar-refractivity contribution is 9.10. The molecule has 0 aliphatic carbocycles. The second-order valence-electron chi connectivity index (χ2n) is 7.19. The molecule has 8 nitrogen and oxygen atoms in total. The van der Waals surface area contributed by atoms with Crippen LogP contribution in [0.2, 0.25) is 0 Å². The number of halogens is 2. The van der Waals surface area contributed by atoms with Crippen molar-refractivity contribution in [3.8, 4) is 0 Å². The first-order valence-electron chi connectivity index (χ1n) is 9.76. The lowest BCUT2D eigenvalue weighted by Gasteiger charge is -2.41. The number of ether oxygens (including phenoxy) is 1. The topological polar surface area (TPSA) is 92.2 Å². The van der Waals surface area contributed by atoms with E-state index in [4.69, 9.17) is 9.73 Å². The Kier molecular flexibility index (Phi) is 6.48. The van der Waals surface area contributed by atoms with E-state index in [1.54, 1.807) is 19.2 Å². The molecule has 2 aromatic rings. The summed E-state index contributed by atoms with van der Waals surface area (Å²) >= 11 is 4.77. The number of hydrogen-bond donors (Lipinski definition) is 0. The van der Waals surface area contributed by atoms with Crippen molar-refractivity contribution in [1.29, 1.82) is 0 Å². The van der Waals surface area contributed by atoms with Gasteiger partial charge in [0, 0.05) is 34.8 Å². The monoisotopic (exact) mass is 542 g/mol. The number of aliphatic imine (C=N–C) groups is 1. The standard InChI is InChI=1S/C20H20BrFN4O4S2/c1-3-30-20(27)16-15-11-25(32(2,28)29)7-8-26(15)18(19-23-6-9-31-19)24-17(16)13-5-4-12(22)10-14(13)21/h4-6,9-10,17H,3,7-8,11H2,1-2H3. The van der Waals surface area contributed by atoms with E-state index in [2.05, 4.69) is 20.9 Å². The molecule has 0 N–H and O–H groups in total. The summed E-state index contributed by atoms with van der Waals surface area (Å²) in [6.45, 7) is 2.38. The summed E-state index contributed by atoms with van der Waals surface area (Å²) in [4.78, 5) is 24.2. The van der Waals surface area contributed by atoms with E-state index in [-0.39, 0.29) is 25.3 Å². The van der Waals surface area contributed by atoms with E-state index < -0.39 is 27.9 Å². The molecule has 1 aromatic heterocycles. The number of carbonyl (C=O) groups is 1. The number of fused-ring (bicyclic) bond motifs is 1. The fourth-order valence-electron chi connectivity index (χ4n) is 3.73. The number of carbonyl (C=O) groups excluding carboxylic acids is 1. The van der Waals surface area contributed by atoms with E-state index in [9.17, 15) is 17.6 Å². The van der Waals surface area contributed by atoms with Crippen molar-refractivity contribution < 1.29 is 22.3 Å². The minimum Gasteiger partial charge on any atom is -0.463 e. The van der Waals surface area contributed by atoms with Gasteiger partial charge < -0.3 is 9.64 Å². The van der Waals surface area contributed by atoms with Gasteiger partial charge in [0.15, 0.2) is 10.8 Å². The number of thiazole rings is 1. The molecule has 32 heavy (non-hydrogen) atoms. The molecule has 1 saturated heterocycles. The predicted octanol–water partition coefficient (Wildman–Crippen LogP) is 2.94. The van der Waals surface area contributed by atoms with Gasteiger partial charge in [-0.3, -0.25) is 4.99 Å². The van der Waals surface area contributed by atoms with Crippen LogP contribution in [0, 0.1) is 5.82 Å². The lowest BCUT2D eigenvalue weighted by atomic mass is 9.94. The molecule has 4 rings (SSSR count). The van der Waals surface area contributed by atoms with Crippen molar-refractivity contribution in [2.75, 3.05) is 32.5 Å². The smallest absolute Gasteiger partial charge is 0.338 e. The molecule has 0 bridgehead atoms. The van der Waals surface area contributed by atoms with Gasteiger partial charge in [-0.05, 0) is 24.6 Å². The van der Waals surface area contributed by atoms with Crippen LogP contribution < -0.4 is 0 Å². The number of esters is 1. The van der Waals surface area contributed by atoms with Gasteiger partial charge in [-0.2, -0.15) is 4.31 Å². The van der Waals surface area contributed by atoms with Gasteiger partial charge in [0.2, 0.25) is 10.0 Å². The van der Waals surface area contributed by atoms with Crippen LogP contribution >= 0.6 is 27.3 Å². The van der Waals surface area contributed by atoms with Crippen molar-refractivity contribution in [3.63, 3.8) is 0 Å². The molecule has 2 aliphatic heterocycles. The lowest BCUT2D eigenvalue weighted by molar-refractivity contribution is -0.139. The number of piperazine rings is 1. The van der Waals surface area contributed by atoms with E-state index in [1.165, 1.54) is 27.8 Å². The molecule has 2 aliphatic rings. The van der Waals surface area contributed by atoms with Gasteiger partial charge in [-0.1, -0.05) is 22.0 Å². The lowest BCUT2D eigenvalue weighted by Crippen LogP contribution is -2.51. The summed E-state index contributed by atoms with van der Waals surface area (Å²) in [6.07, 6.45) is 2.79. The largest absolute Gasteiger partial charge is 0.463 e. The molecule has 170 valence electrons. The highest BCUT2D eigenvalue weighted by Crippen LogP contribution is 2.40. The Bertz CT molecular complexity index is 1210. The van der Waals surface area contributed by atoms with E-state index >= 15 is 0 Å².